The minimum Gasteiger partial charge on any atom is -0.493 e. The lowest BCUT2D eigenvalue weighted by Gasteiger charge is -2.35. The monoisotopic (exact) mass is 423 g/mol. The summed E-state index contributed by atoms with van der Waals surface area (Å²) >= 11 is 0. The SMILES string of the molecule is COc1cc2c(cc1OC)[C@@H](CNC(=O)C1CCCC1)[NH+](Cc1ccc(C)cc1)CC2. The van der Waals surface area contributed by atoms with Crippen LogP contribution in [0.2, 0.25) is 0 Å². The van der Waals surface area contributed by atoms with Gasteiger partial charge in [-0.2, -0.15) is 0 Å². The third-order valence-electron chi connectivity index (χ3n) is 6.99. The zero-order valence-corrected chi connectivity index (χ0v) is 19.0. The quantitative estimate of drug-likeness (QED) is 0.720. The number of fused-ring (bicyclic) bond motifs is 1. The van der Waals surface area contributed by atoms with E-state index in [4.69, 9.17) is 9.47 Å². The van der Waals surface area contributed by atoms with Gasteiger partial charge in [0.1, 0.15) is 12.6 Å². The number of hydrogen-bond donors (Lipinski definition) is 2. The molecular weight excluding hydrogens is 388 g/mol. The smallest absolute Gasteiger partial charge is 0.223 e. The molecule has 0 bridgehead atoms. The standard InChI is InChI=1S/C26H34N2O3/c1-18-8-10-19(11-9-18)17-28-13-12-21-14-24(30-2)25(31-3)15-22(21)23(28)16-27-26(29)20-6-4-5-7-20/h8-11,14-15,20,23H,4-7,12-13,16-17H2,1-3H3,(H,27,29)/p+1/t23-/m1/s1. The molecule has 1 saturated carbocycles. The van der Waals surface area contributed by atoms with E-state index in [-0.39, 0.29) is 17.9 Å². The number of amides is 1. The summed E-state index contributed by atoms with van der Waals surface area (Å²) in [6, 6.07) is 13.2. The average molecular weight is 424 g/mol. The summed E-state index contributed by atoms with van der Waals surface area (Å²) in [4.78, 5) is 14.2. The van der Waals surface area contributed by atoms with E-state index in [0.717, 1.165) is 43.9 Å². The zero-order chi connectivity index (χ0) is 21.8. The van der Waals surface area contributed by atoms with Gasteiger partial charge in [-0.3, -0.25) is 4.79 Å². The van der Waals surface area contributed by atoms with Gasteiger partial charge in [-0.15, -0.1) is 0 Å². The molecule has 5 heteroatoms. The highest BCUT2D eigenvalue weighted by Crippen LogP contribution is 2.34. The Balaban J connectivity index is 1.59. The molecule has 2 aliphatic rings. The molecule has 1 unspecified atom stereocenters. The third-order valence-corrected chi connectivity index (χ3v) is 6.99. The Hall–Kier alpha value is -2.53. The first-order valence-corrected chi connectivity index (χ1v) is 11.5. The Labute approximate surface area is 185 Å². The molecular formula is C26H35N2O3+. The van der Waals surface area contributed by atoms with Gasteiger partial charge >= 0.3 is 0 Å². The van der Waals surface area contributed by atoms with Crippen molar-refractivity contribution >= 4 is 5.91 Å². The lowest BCUT2D eigenvalue weighted by molar-refractivity contribution is -0.945. The van der Waals surface area contributed by atoms with Crippen LogP contribution in [0.15, 0.2) is 36.4 Å². The van der Waals surface area contributed by atoms with Crippen LogP contribution in [0.1, 0.15) is 54.0 Å². The minimum atomic E-state index is 0.189. The van der Waals surface area contributed by atoms with Crippen molar-refractivity contribution in [1.29, 1.82) is 0 Å². The first-order chi connectivity index (χ1) is 15.1. The molecule has 1 aliphatic carbocycles. The molecule has 1 fully saturated rings. The average Bonchev–Trinajstić information content (AvgIpc) is 3.33. The fourth-order valence-corrected chi connectivity index (χ4v) is 5.14. The number of quaternary nitrogens is 1. The first kappa shape index (κ1) is 21.7. The largest absolute Gasteiger partial charge is 0.493 e. The highest BCUT2D eigenvalue weighted by atomic mass is 16.5. The number of methoxy groups -OCH3 is 2. The Morgan fingerprint density at radius 3 is 2.42 bits per heavy atom. The topological polar surface area (TPSA) is 52.0 Å². The number of carbonyl (C=O) groups is 1. The molecule has 1 aliphatic heterocycles. The lowest BCUT2D eigenvalue weighted by Crippen LogP contribution is -3.12. The molecule has 166 valence electrons. The van der Waals surface area contributed by atoms with Gasteiger partial charge in [0.25, 0.3) is 0 Å². The second kappa shape index (κ2) is 9.73. The molecule has 1 heterocycles. The predicted molar refractivity (Wildman–Crippen MR) is 122 cm³/mol. The van der Waals surface area contributed by atoms with Gasteiger partial charge in [-0.1, -0.05) is 42.7 Å². The van der Waals surface area contributed by atoms with Crippen molar-refractivity contribution < 1.29 is 19.2 Å². The second-order valence-corrected chi connectivity index (χ2v) is 9.01. The number of ether oxygens (including phenoxy) is 2. The summed E-state index contributed by atoms with van der Waals surface area (Å²) in [5.74, 6) is 1.94. The van der Waals surface area contributed by atoms with Crippen molar-refractivity contribution in [1.82, 2.24) is 5.32 Å². The fraction of sp³-hybridized carbons (Fsp3) is 0.500. The number of carbonyl (C=O) groups excluding carboxylic acids is 1. The Morgan fingerprint density at radius 2 is 1.74 bits per heavy atom. The van der Waals surface area contributed by atoms with Crippen LogP contribution in [0.25, 0.3) is 0 Å². The molecule has 2 atom stereocenters. The fourth-order valence-electron chi connectivity index (χ4n) is 5.14. The lowest BCUT2D eigenvalue weighted by atomic mass is 9.91. The van der Waals surface area contributed by atoms with Crippen molar-refractivity contribution in [2.24, 2.45) is 5.92 Å². The van der Waals surface area contributed by atoms with Gasteiger partial charge < -0.3 is 19.7 Å². The summed E-state index contributed by atoms with van der Waals surface area (Å²) in [6.07, 6.45) is 5.39. The summed E-state index contributed by atoms with van der Waals surface area (Å²) in [6.45, 7) is 4.74. The second-order valence-electron chi connectivity index (χ2n) is 9.01. The molecule has 0 saturated heterocycles. The summed E-state index contributed by atoms with van der Waals surface area (Å²) in [7, 11) is 3.36. The Morgan fingerprint density at radius 1 is 1.06 bits per heavy atom. The van der Waals surface area contributed by atoms with Crippen LogP contribution in [0.3, 0.4) is 0 Å². The molecule has 0 spiro atoms. The summed E-state index contributed by atoms with van der Waals surface area (Å²) in [5.41, 5.74) is 5.17. The zero-order valence-electron chi connectivity index (χ0n) is 19.0. The van der Waals surface area contributed by atoms with Crippen molar-refractivity contribution in [2.45, 2.75) is 51.6 Å². The van der Waals surface area contributed by atoms with E-state index >= 15 is 0 Å². The molecule has 2 aromatic rings. The predicted octanol–water partition coefficient (Wildman–Crippen LogP) is 3.00. The first-order valence-electron chi connectivity index (χ1n) is 11.5. The molecule has 5 nitrogen and oxygen atoms in total. The Kier molecular flexibility index (Phi) is 6.81. The summed E-state index contributed by atoms with van der Waals surface area (Å²) in [5, 5.41) is 3.29. The van der Waals surface area contributed by atoms with E-state index < -0.39 is 0 Å². The van der Waals surface area contributed by atoms with E-state index in [1.165, 1.54) is 40.0 Å². The minimum absolute atomic E-state index is 0.189. The van der Waals surface area contributed by atoms with Crippen LogP contribution < -0.4 is 19.7 Å². The van der Waals surface area contributed by atoms with Gasteiger partial charge in [0, 0.05) is 23.5 Å². The van der Waals surface area contributed by atoms with Gasteiger partial charge in [-0.05, 0) is 37.5 Å². The highest BCUT2D eigenvalue weighted by Gasteiger charge is 2.33. The van der Waals surface area contributed by atoms with Crippen molar-refractivity contribution in [3.63, 3.8) is 0 Å². The molecule has 0 aromatic heterocycles. The van der Waals surface area contributed by atoms with E-state index in [0.29, 0.717) is 6.54 Å². The molecule has 0 radical (unpaired) electrons. The number of aryl methyl sites for hydroxylation is 1. The van der Waals surface area contributed by atoms with E-state index in [9.17, 15) is 4.79 Å². The molecule has 2 aromatic carbocycles. The van der Waals surface area contributed by atoms with E-state index in [1.54, 1.807) is 14.2 Å². The number of nitrogens with one attached hydrogen (secondary N) is 2. The van der Waals surface area contributed by atoms with Crippen molar-refractivity contribution in [2.75, 3.05) is 27.3 Å². The normalized spacial score (nSPS) is 20.9. The number of hydrogen-bond acceptors (Lipinski definition) is 3. The molecule has 4 rings (SSSR count). The van der Waals surface area contributed by atoms with E-state index in [2.05, 4.69) is 48.6 Å². The van der Waals surface area contributed by atoms with Gasteiger partial charge in [0.2, 0.25) is 5.91 Å². The van der Waals surface area contributed by atoms with Crippen LogP contribution >= 0.6 is 0 Å². The number of rotatable bonds is 7. The maximum atomic E-state index is 12.8. The van der Waals surface area contributed by atoms with Crippen LogP contribution in [-0.2, 0) is 17.8 Å². The van der Waals surface area contributed by atoms with Crippen LogP contribution in [0, 0.1) is 12.8 Å². The van der Waals surface area contributed by atoms with Crippen LogP contribution in [0.5, 0.6) is 11.5 Å². The molecule has 31 heavy (non-hydrogen) atoms. The summed E-state index contributed by atoms with van der Waals surface area (Å²) < 4.78 is 11.1. The molecule has 1 amide bonds. The molecule has 2 N–H and O–H groups in total. The number of benzene rings is 2. The van der Waals surface area contributed by atoms with Crippen molar-refractivity contribution in [3.8, 4) is 11.5 Å². The van der Waals surface area contributed by atoms with Crippen LogP contribution in [0.4, 0.5) is 0 Å². The van der Waals surface area contributed by atoms with Crippen LogP contribution in [-0.4, -0.2) is 33.2 Å². The maximum Gasteiger partial charge on any atom is 0.223 e. The maximum absolute atomic E-state index is 12.8. The Bertz CT molecular complexity index is 904. The highest BCUT2D eigenvalue weighted by molar-refractivity contribution is 5.78. The van der Waals surface area contributed by atoms with Crippen molar-refractivity contribution in [3.05, 3.63) is 58.7 Å². The van der Waals surface area contributed by atoms with Gasteiger partial charge in [-0.25, -0.2) is 0 Å². The van der Waals surface area contributed by atoms with Gasteiger partial charge in [0.05, 0.1) is 27.3 Å². The van der Waals surface area contributed by atoms with E-state index in [1.807, 2.05) is 0 Å². The van der Waals surface area contributed by atoms with Gasteiger partial charge in [0.15, 0.2) is 11.5 Å². The third kappa shape index (κ3) is 4.87.